The van der Waals surface area contributed by atoms with Crippen LogP contribution in [0.15, 0.2) is 60.8 Å². The molecule has 26 heavy (non-hydrogen) atoms. The van der Waals surface area contributed by atoms with Crippen LogP contribution < -0.4 is 10.6 Å². The predicted octanol–water partition coefficient (Wildman–Crippen LogP) is 2.58. The van der Waals surface area contributed by atoms with Crippen molar-refractivity contribution < 1.29 is 9.59 Å². The van der Waals surface area contributed by atoms with Crippen LogP contribution in [-0.4, -0.2) is 29.9 Å². The zero-order valence-electron chi connectivity index (χ0n) is 14.6. The zero-order valence-corrected chi connectivity index (χ0v) is 14.6. The number of hydrogen-bond donors (Lipinski definition) is 3. The number of amides is 2. The lowest BCUT2D eigenvalue weighted by Gasteiger charge is -2.07. The molecule has 0 unspecified atom stereocenters. The Balaban J connectivity index is 1.35. The van der Waals surface area contributed by atoms with Crippen LogP contribution in [0.25, 0.3) is 10.9 Å². The Morgan fingerprint density at radius 3 is 2.23 bits per heavy atom. The molecule has 3 aromatic rings. The summed E-state index contributed by atoms with van der Waals surface area (Å²) in [5, 5.41) is 6.76. The van der Waals surface area contributed by atoms with Gasteiger partial charge in [-0.05, 0) is 30.0 Å². The molecular formula is C21H23N3O2. The number of carbonyl (C=O) groups is 2. The maximum Gasteiger partial charge on any atom is 0.229 e. The SMILES string of the molecule is O=C(CC(=O)NCCc1c[nH]c2ccccc12)NCCc1ccccc1. The second kappa shape index (κ2) is 8.85. The first-order valence-corrected chi connectivity index (χ1v) is 8.84. The molecule has 1 aromatic heterocycles. The van der Waals surface area contributed by atoms with Gasteiger partial charge in [0.2, 0.25) is 11.8 Å². The molecule has 2 amide bonds. The van der Waals surface area contributed by atoms with Gasteiger partial charge in [-0.25, -0.2) is 0 Å². The van der Waals surface area contributed by atoms with Crippen molar-refractivity contribution in [2.24, 2.45) is 0 Å². The molecule has 0 bridgehead atoms. The van der Waals surface area contributed by atoms with Gasteiger partial charge in [-0.3, -0.25) is 9.59 Å². The van der Waals surface area contributed by atoms with Crippen LogP contribution in [-0.2, 0) is 22.4 Å². The minimum Gasteiger partial charge on any atom is -0.361 e. The van der Waals surface area contributed by atoms with E-state index in [-0.39, 0.29) is 18.2 Å². The maximum absolute atomic E-state index is 11.9. The number of H-pyrrole nitrogens is 1. The Labute approximate surface area is 152 Å². The summed E-state index contributed by atoms with van der Waals surface area (Å²) in [6.45, 7) is 1.05. The van der Waals surface area contributed by atoms with Crippen molar-refractivity contribution in [1.29, 1.82) is 0 Å². The molecule has 0 saturated heterocycles. The molecule has 0 atom stereocenters. The second-order valence-electron chi connectivity index (χ2n) is 6.22. The van der Waals surface area contributed by atoms with E-state index in [4.69, 9.17) is 0 Å². The first-order valence-electron chi connectivity index (χ1n) is 8.84. The molecule has 5 nitrogen and oxygen atoms in total. The molecule has 134 valence electrons. The number of nitrogens with one attached hydrogen (secondary N) is 3. The van der Waals surface area contributed by atoms with Gasteiger partial charge in [0.05, 0.1) is 0 Å². The summed E-state index contributed by atoms with van der Waals surface area (Å²) in [6, 6.07) is 18.0. The first-order chi connectivity index (χ1) is 12.7. The van der Waals surface area contributed by atoms with Crippen molar-refractivity contribution in [3.63, 3.8) is 0 Å². The minimum atomic E-state index is -0.248. The quantitative estimate of drug-likeness (QED) is 0.547. The Morgan fingerprint density at radius 2 is 1.46 bits per heavy atom. The number of para-hydroxylation sites is 1. The van der Waals surface area contributed by atoms with Gasteiger partial charge in [0.1, 0.15) is 6.42 Å². The van der Waals surface area contributed by atoms with Crippen molar-refractivity contribution in [1.82, 2.24) is 15.6 Å². The summed E-state index contributed by atoms with van der Waals surface area (Å²) >= 11 is 0. The highest BCUT2D eigenvalue weighted by atomic mass is 16.2. The van der Waals surface area contributed by atoms with Crippen LogP contribution in [0.4, 0.5) is 0 Å². The lowest BCUT2D eigenvalue weighted by Crippen LogP contribution is -2.33. The van der Waals surface area contributed by atoms with Crippen LogP contribution in [0.3, 0.4) is 0 Å². The van der Waals surface area contributed by atoms with Crippen molar-refractivity contribution >= 4 is 22.7 Å². The number of aromatic amines is 1. The van der Waals surface area contributed by atoms with E-state index in [1.165, 1.54) is 5.39 Å². The van der Waals surface area contributed by atoms with E-state index in [1.54, 1.807) is 0 Å². The average Bonchev–Trinajstić information content (AvgIpc) is 3.06. The van der Waals surface area contributed by atoms with E-state index in [0.29, 0.717) is 13.1 Å². The van der Waals surface area contributed by atoms with Gasteiger partial charge in [-0.2, -0.15) is 0 Å². The largest absolute Gasteiger partial charge is 0.361 e. The molecule has 0 spiro atoms. The van der Waals surface area contributed by atoms with Gasteiger partial charge in [-0.1, -0.05) is 48.5 Å². The fourth-order valence-electron chi connectivity index (χ4n) is 2.94. The van der Waals surface area contributed by atoms with Gasteiger partial charge in [-0.15, -0.1) is 0 Å². The van der Waals surface area contributed by atoms with Gasteiger partial charge in [0, 0.05) is 30.2 Å². The number of hydrogen-bond acceptors (Lipinski definition) is 2. The van der Waals surface area contributed by atoms with Gasteiger partial charge >= 0.3 is 0 Å². The van der Waals surface area contributed by atoms with Crippen LogP contribution in [0.5, 0.6) is 0 Å². The molecule has 0 saturated carbocycles. The van der Waals surface area contributed by atoms with Crippen LogP contribution in [0, 0.1) is 0 Å². The molecule has 1 heterocycles. The van der Waals surface area contributed by atoms with E-state index >= 15 is 0 Å². The monoisotopic (exact) mass is 349 g/mol. The molecule has 0 aliphatic rings. The highest BCUT2D eigenvalue weighted by Crippen LogP contribution is 2.17. The van der Waals surface area contributed by atoms with E-state index in [9.17, 15) is 9.59 Å². The fourth-order valence-corrected chi connectivity index (χ4v) is 2.94. The topological polar surface area (TPSA) is 74.0 Å². The highest BCUT2D eigenvalue weighted by molar-refractivity contribution is 5.96. The smallest absolute Gasteiger partial charge is 0.229 e. The van der Waals surface area contributed by atoms with E-state index in [1.807, 2.05) is 54.7 Å². The summed E-state index contributed by atoms with van der Waals surface area (Å²) in [4.78, 5) is 27.0. The van der Waals surface area contributed by atoms with Crippen LogP contribution in [0.2, 0.25) is 0 Å². The highest BCUT2D eigenvalue weighted by Gasteiger charge is 2.09. The Hall–Kier alpha value is -3.08. The molecular weight excluding hydrogens is 326 g/mol. The van der Waals surface area contributed by atoms with Gasteiger partial charge in [0.15, 0.2) is 0 Å². The van der Waals surface area contributed by atoms with Crippen molar-refractivity contribution in [2.45, 2.75) is 19.3 Å². The third-order valence-electron chi connectivity index (χ3n) is 4.29. The molecule has 0 aliphatic heterocycles. The van der Waals surface area contributed by atoms with Crippen molar-refractivity contribution in [3.8, 4) is 0 Å². The molecule has 3 N–H and O–H groups in total. The molecule has 0 aliphatic carbocycles. The number of benzene rings is 2. The normalized spacial score (nSPS) is 10.6. The Kier molecular flexibility index (Phi) is 6.04. The van der Waals surface area contributed by atoms with Crippen molar-refractivity contribution in [3.05, 3.63) is 71.9 Å². The average molecular weight is 349 g/mol. The first kappa shape index (κ1) is 17.7. The maximum atomic E-state index is 11.9. The number of rotatable bonds is 8. The van der Waals surface area contributed by atoms with Crippen LogP contribution in [0.1, 0.15) is 17.5 Å². The third kappa shape index (κ3) is 4.96. The number of fused-ring (bicyclic) bond motifs is 1. The fraction of sp³-hybridized carbons (Fsp3) is 0.238. The van der Waals surface area contributed by atoms with Gasteiger partial charge < -0.3 is 15.6 Å². The number of carbonyl (C=O) groups excluding carboxylic acids is 2. The third-order valence-corrected chi connectivity index (χ3v) is 4.29. The lowest BCUT2D eigenvalue weighted by molar-refractivity contribution is -0.129. The van der Waals surface area contributed by atoms with E-state index in [2.05, 4.69) is 21.7 Å². The molecule has 2 aromatic carbocycles. The summed E-state index contributed by atoms with van der Waals surface area (Å²) < 4.78 is 0. The Morgan fingerprint density at radius 1 is 0.808 bits per heavy atom. The van der Waals surface area contributed by atoms with Gasteiger partial charge in [0.25, 0.3) is 0 Å². The molecule has 5 heteroatoms. The van der Waals surface area contributed by atoms with E-state index < -0.39 is 0 Å². The van der Waals surface area contributed by atoms with Crippen molar-refractivity contribution in [2.75, 3.05) is 13.1 Å². The molecule has 0 radical (unpaired) electrons. The summed E-state index contributed by atoms with van der Waals surface area (Å²) in [6.07, 6.45) is 3.32. The molecule has 3 rings (SSSR count). The predicted molar refractivity (Wildman–Crippen MR) is 103 cm³/mol. The Bertz CT molecular complexity index is 871. The minimum absolute atomic E-state index is 0.136. The molecule has 0 fully saturated rings. The standard InChI is InChI=1S/C21H23N3O2/c25-20(22-12-10-16-6-2-1-3-7-16)14-21(26)23-13-11-17-15-24-19-9-5-4-8-18(17)19/h1-9,15,24H,10-14H2,(H,22,25)(H,23,26). The second-order valence-corrected chi connectivity index (χ2v) is 6.22. The summed E-state index contributed by atoms with van der Waals surface area (Å²) in [5.41, 5.74) is 3.41. The van der Waals surface area contributed by atoms with E-state index in [0.717, 1.165) is 29.5 Å². The summed E-state index contributed by atoms with van der Waals surface area (Å²) in [7, 11) is 0. The summed E-state index contributed by atoms with van der Waals surface area (Å²) in [5.74, 6) is -0.493. The lowest BCUT2D eigenvalue weighted by atomic mass is 10.1. The van der Waals surface area contributed by atoms with Crippen LogP contribution >= 0.6 is 0 Å². The zero-order chi connectivity index (χ0) is 18.2. The number of aromatic nitrogens is 1.